The molecule has 7 nitrogen and oxygen atoms in total. The second-order valence-electron chi connectivity index (χ2n) is 6.33. The van der Waals surface area contributed by atoms with Gasteiger partial charge < -0.3 is 10.1 Å². The van der Waals surface area contributed by atoms with Gasteiger partial charge in [-0.25, -0.2) is 4.98 Å². The molecule has 0 radical (unpaired) electrons. The number of likely N-dealkylation sites (tertiary alicyclic amines) is 1. The van der Waals surface area contributed by atoms with E-state index < -0.39 is 0 Å². The fourth-order valence-corrected chi connectivity index (χ4v) is 4.31. The molecular weight excluding hydrogens is 328 g/mol. The highest BCUT2D eigenvalue weighted by Gasteiger charge is 2.35. The number of nitrogens with zero attached hydrogens (tertiary/aromatic N) is 3. The van der Waals surface area contributed by atoms with Gasteiger partial charge in [-0.05, 0) is 37.4 Å². The Morgan fingerprint density at radius 1 is 1.38 bits per heavy atom. The number of ether oxygens (including phenoxy) is 1. The first-order valence-electron chi connectivity index (χ1n) is 8.26. The molecule has 2 saturated heterocycles. The fourth-order valence-electron chi connectivity index (χ4n) is 3.51. The van der Waals surface area contributed by atoms with Gasteiger partial charge in [0.2, 0.25) is 5.91 Å². The number of nitrogens with one attached hydrogen (secondary N) is 1. The highest BCUT2D eigenvalue weighted by molar-refractivity contribution is 7.17. The third kappa shape index (κ3) is 2.97. The molecule has 2 aromatic heterocycles. The van der Waals surface area contributed by atoms with Crippen molar-refractivity contribution in [2.24, 2.45) is 0 Å². The van der Waals surface area contributed by atoms with Crippen molar-refractivity contribution in [2.75, 3.05) is 26.3 Å². The van der Waals surface area contributed by atoms with Crippen molar-refractivity contribution in [1.29, 1.82) is 0 Å². The van der Waals surface area contributed by atoms with Gasteiger partial charge in [0.15, 0.2) is 0 Å². The van der Waals surface area contributed by atoms with Crippen LogP contribution in [0.15, 0.2) is 22.6 Å². The molecule has 1 N–H and O–H groups in total. The van der Waals surface area contributed by atoms with E-state index in [1.54, 1.807) is 0 Å². The predicted molar refractivity (Wildman–Crippen MR) is 91.2 cm³/mol. The quantitative estimate of drug-likeness (QED) is 0.868. The molecule has 128 valence electrons. The Morgan fingerprint density at radius 2 is 2.21 bits per heavy atom. The summed E-state index contributed by atoms with van der Waals surface area (Å²) in [7, 11) is 0. The lowest BCUT2D eigenvalue weighted by Crippen LogP contribution is -2.51. The summed E-state index contributed by atoms with van der Waals surface area (Å²) < 4.78 is 7.53. The molecule has 0 aromatic carbocycles. The molecule has 0 aliphatic carbocycles. The molecule has 2 aliphatic heterocycles. The van der Waals surface area contributed by atoms with E-state index in [4.69, 9.17) is 4.74 Å². The summed E-state index contributed by atoms with van der Waals surface area (Å²) >= 11 is 1.35. The topological polar surface area (TPSA) is 76.5 Å². The van der Waals surface area contributed by atoms with Crippen LogP contribution in [-0.2, 0) is 16.1 Å². The normalized spacial score (nSPS) is 24.7. The summed E-state index contributed by atoms with van der Waals surface area (Å²) in [5.74, 6) is -0.172. The number of amides is 1. The van der Waals surface area contributed by atoms with Crippen LogP contribution < -0.4 is 10.9 Å². The molecule has 2 aliphatic rings. The summed E-state index contributed by atoms with van der Waals surface area (Å²) in [5, 5.41) is 4.87. The Hall–Kier alpha value is -1.77. The van der Waals surface area contributed by atoms with Gasteiger partial charge >= 0.3 is 0 Å². The second kappa shape index (κ2) is 6.62. The number of thiophene rings is 1. The smallest absolute Gasteiger partial charge is 0.271 e. The average Bonchev–Trinajstić information content (AvgIpc) is 3.29. The van der Waals surface area contributed by atoms with Crippen molar-refractivity contribution in [3.05, 3.63) is 28.1 Å². The lowest BCUT2D eigenvalue weighted by atomic mass is 10.1. The van der Waals surface area contributed by atoms with E-state index >= 15 is 0 Å². The summed E-state index contributed by atoms with van der Waals surface area (Å²) in [5.41, 5.74) is 0.517. The number of aromatic nitrogens is 2. The summed E-state index contributed by atoms with van der Waals surface area (Å²) in [6.45, 7) is 3.32. The molecule has 0 bridgehead atoms. The molecule has 2 atom stereocenters. The standard InChI is InChI=1S/C16H20N4O3S/c21-14(7-20-10-17-11-3-6-24-15(11)16(20)22)18-12-8-23-9-13(12)19-4-1-2-5-19/h3,6,10,12-13H,1-2,4-5,7-9H2,(H,18,21)/t12-,13-/m0/s1. The molecule has 1 amide bonds. The minimum absolute atomic E-state index is 0.00951. The average molecular weight is 348 g/mol. The lowest BCUT2D eigenvalue weighted by molar-refractivity contribution is -0.122. The minimum Gasteiger partial charge on any atom is -0.378 e. The molecule has 4 rings (SSSR count). The first-order valence-corrected chi connectivity index (χ1v) is 9.14. The zero-order chi connectivity index (χ0) is 16.5. The summed E-state index contributed by atoms with van der Waals surface area (Å²) in [6.07, 6.45) is 3.86. The Labute approximate surface area is 143 Å². The van der Waals surface area contributed by atoms with E-state index in [0.717, 1.165) is 13.1 Å². The molecule has 2 aromatic rings. The van der Waals surface area contributed by atoms with Crippen LogP contribution in [0.5, 0.6) is 0 Å². The van der Waals surface area contributed by atoms with Crippen LogP contribution in [0.25, 0.3) is 10.2 Å². The fraction of sp³-hybridized carbons (Fsp3) is 0.562. The van der Waals surface area contributed by atoms with Gasteiger partial charge in [-0.3, -0.25) is 19.1 Å². The van der Waals surface area contributed by atoms with Crippen molar-refractivity contribution < 1.29 is 9.53 Å². The highest BCUT2D eigenvalue weighted by atomic mass is 32.1. The first kappa shape index (κ1) is 15.7. The largest absolute Gasteiger partial charge is 0.378 e. The summed E-state index contributed by atoms with van der Waals surface area (Å²) in [4.78, 5) is 31.4. The van der Waals surface area contributed by atoms with E-state index in [-0.39, 0.29) is 30.1 Å². The lowest BCUT2D eigenvalue weighted by Gasteiger charge is -2.27. The minimum atomic E-state index is -0.172. The predicted octanol–water partition coefficient (Wildman–Crippen LogP) is 0.437. The van der Waals surface area contributed by atoms with Gasteiger partial charge in [0.1, 0.15) is 11.2 Å². The van der Waals surface area contributed by atoms with Gasteiger partial charge in [-0.2, -0.15) is 0 Å². The van der Waals surface area contributed by atoms with Crippen molar-refractivity contribution in [1.82, 2.24) is 19.8 Å². The van der Waals surface area contributed by atoms with Crippen molar-refractivity contribution in [3.63, 3.8) is 0 Å². The monoisotopic (exact) mass is 348 g/mol. The van der Waals surface area contributed by atoms with Crippen LogP contribution in [0.1, 0.15) is 12.8 Å². The third-order valence-electron chi connectivity index (χ3n) is 4.76. The number of fused-ring (bicyclic) bond motifs is 1. The van der Waals surface area contributed by atoms with Gasteiger partial charge in [0.25, 0.3) is 5.56 Å². The molecule has 4 heterocycles. The maximum absolute atomic E-state index is 12.4. The molecule has 8 heteroatoms. The van der Waals surface area contributed by atoms with Crippen LogP contribution in [0.4, 0.5) is 0 Å². The van der Waals surface area contributed by atoms with Crippen LogP contribution in [0.3, 0.4) is 0 Å². The van der Waals surface area contributed by atoms with Crippen LogP contribution in [0, 0.1) is 0 Å². The molecule has 0 spiro atoms. The van der Waals surface area contributed by atoms with E-state index in [1.807, 2.05) is 11.4 Å². The zero-order valence-corrected chi connectivity index (χ0v) is 14.1. The Morgan fingerprint density at radius 3 is 3.04 bits per heavy atom. The number of carbonyl (C=O) groups excluding carboxylic acids is 1. The first-order chi connectivity index (χ1) is 11.7. The van der Waals surface area contributed by atoms with Crippen molar-refractivity contribution in [2.45, 2.75) is 31.5 Å². The maximum Gasteiger partial charge on any atom is 0.271 e. The van der Waals surface area contributed by atoms with E-state index in [9.17, 15) is 9.59 Å². The molecular formula is C16H20N4O3S. The van der Waals surface area contributed by atoms with Gasteiger partial charge in [-0.15, -0.1) is 11.3 Å². The van der Waals surface area contributed by atoms with Crippen LogP contribution in [0.2, 0.25) is 0 Å². The zero-order valence-electron chi connectivity index (χ0n) is 13.3. The van der Waals surface area contributed by atoms with Crippen LogP contribution >= 0.6 is 11.3 Å². The Bertz CT molecular complexity index is 796. The summed E-state index contributed by atoms with van der Waals surface area (Å²) in [6, 6.07) is 2.04. The Balaban J connectivity index is 1.43. The van der Waals surface area contributed by atoms with E-state index in [1.165, 1.54) is 35.1 Å². The van der Waals surface area contributed by atoms with Crippen molar-refractivity contribution in [3.8, 4) is 0 Å². The molecule has 24 heavy (non-hydrogen) atoms. The second-order valence-corrected chi connectivity index (χ2v) is 7.25. The highest BCUT2D eigenvalue weighted by Crippen LogP contribution is 2.19. The molecule has 0 unspecified atom stereocenters. The van der Waals surface area contributed by atoms with Gasteiger partial charge in [-0.1, -0.05) is 0 Å². The van der Waals surface area contributed by atoms with Crippen molar-refractivity contribution >= 4 is 27.5 Å². The van der Waals surface area contributed by atoms with Gasteiger partial charge in [0, 0.05) is 0 Å². The Kier molecular flexibility index (Phi) is 4.34. The van der Waals surface area contributed by atoms with E-state index in [0.29, 0.717) is 23.4 Å². The SMILES string of the molecule is O=C(Cn1cnc2ccsc2c1=O)N[C@H]1COC[C@@H]1N1CCCC1. The van der Waals surface area contributed by atoms with Gasteiger partial charge in [0.05, 0.1) is 37.1 Å². The maximum atomic E-state index is 12.4. The number of hydrogen-bond donors (Lipinski definition) is 1. The number of rotatable bonds is 4. The molecule has 2 fully saturated rings. The van der Waals surface area contributed by atoms with E-state index in [2.05, 4.69) is 15.2 Å². The van der Waals surface area contributed by atoms with Crippen LogP contribution in [-0.4, -0.2) is 58.7 Å². The number of carbonyl (C=O) groups is 1. The number of hydrogen-bond acceptors (Lipinski definition) is 6. The third-order valence-corrected chi connectivity index (χ3v) is 5.65. The molecule has 0 saturated carbocycles.